The van der Waals surface area contributed by atoms with E-state index in [1.54, 1.807) is 0 Å². The van der Waals surface area contributed by atoms with Gasteiger partial charge < -0.3 is 0 Å². The van der Waals surface area contributed by atoms with Crippen LogP contribution in [0.25, 0.3) is 0 Å². The third-order valence-electron chi connectivity index (χ3n) is 4.62. The summed E-state index contributed by atoms with van der Waals surface area (Å²) >= 11 is 2.02. The predicted octanol–water partition coefficient (Wildman–Crippen LogP) is 6.04. The molecule has 1 aliphatic rings. The lowest BCUT2D eigenvalue weighted by Gasteiger charge is -2.02. The molecule has 3 aromatic rings. The fourth-order valence-corrected chi connectivity index (χ4v) is 4.81. The van der Waals surface area contributed by atoms with Gasteiger partial charge in [-0.15, -0.1) is 11.8 Å². The largest absolute Gasteiger partial charge is 0.121 e. The van der Waals surface area contributed by atoms with Crippen molar-refractivity contribution in [2.75, 3.05) is 0 Å². The fraction of sp³-hybridized carbons (Fsp3) is 0.182. The summed E-state index contributed by atoms with van der Waals surface area (Å²) in [6, 6.07) is 30.8. The first-order chi connectivity index (χ1) is 11.3. The zero-order valence-electron chi connectivity index (χ0n) is 13.2. The summed E-state index contributed by atoms with van der Waals surface area (Å²) in [5, 5.41) is 0.627. The topological polar surface area (TPSA) is 0 Å². The van der Waals surface area contributed by atoms with Crippen LogP contribution in [0.15, 0.2) is 89.8 Å². The highest BCUT2D eigenvalue weighted by Gasteiger charge is 2.52. The van der Waals surface area contributed by atoms with Crippen LogP contribution in [0.3, 0.4) is 0 Å². The second-order valence-electron chi connectivity index (χ2n) is 6.27. The Morgan fingerprint density at radius 1 is 0.609 bits per heavy atom. The van der Waals surface area contributed by atoms with E-state index < -0.39 is 0 Å². The van der Waals surface area contributed by atoms with E-state index in [1.165, 1.54) is 21.6 Å². The van der Waals surface area contributed by atoms with Crippen molar-refractivity contribution in [2.45, 2.75) is 28.9 Å². The molecule has 0 aromatic heterocycles. The van der Waals surface area contributed by atoms with Crippen molar-refractivity contribution in [2.24, 2.45) is 0 Å². The van der Waals surface area contributed by atoms with Crippen molar-refractivity contribution < 1.29 is 0 Å². The second kappa shape index (κ2) is 6.25. The van der Waals surface area contributed by atoms with Gasteiger partial charge in [-0.2, -0.15) is 0 Å². The maximum absolute atomic E-state index is 2.27. The SMILES string of the molecule is Cc1ccc(SC2C(c3ccccc3)C2c2ccccc2)cc1. The lowest BCUT2D eigenvalue weighted by atomic mass is 10.0. The van der Waals surface area contributed by atoms with Gasteiger partial charge in [0.05, 0.1) is 0 Å². The predicted molar refractivity (Wildman–Crippen MR) is 99.2 cm³/mol. The van der Waals surface area contributed by atoms with Crippen molar-refractivity contribution in [3.05, 3.63) is 102 Å². The van der Waals surface area contributed by atoms with E-state index >= 15 is 0 Å². The van der Waals surface area contributed by atoms with Gasteiger partial charge in [0.15, 0.2) is 0 Å². The molecule has 114 valence electrons. The van der Waals surface area contributed by atoms with Crippen LogP contribution in [0.1, 0.15) is 28.5 Å². The summed E-state index contributed by atoms with van der Waals surface area (Å²) in [5.74, 6) is 1.23. The first-order valence-electron chi connectivity index (χ1n) is 8.16. The Labute approximate surface area is 142 Å². The minimum atomic E-state index is 0.616. The maximum Gasteiger partial charge on any atom is 0.0244 e. The lowest BCUT2D eigenvalue weighted by Crippen LogP contribution is -1.84. The summed E-state index contributed by atoms with van der Waals surface area (Å²) in [6.45, 7) is 2.14. The monoisotopic (exact) mass is 316 g/mol. The first-order valence-corrected chi connectivity index (χ1v) is 9.04. The molecular weight excluding hydrogens is 296 g/mol. The molecule has 0 amide bonds. The number of benzene rings is 3. The molecule has 0 heterocycles. The van der Waals surface area contributed by atoms with Crippen molar-refractivity contribution in [3.8, 4) is 0 Å². The third-order valence-corrected chi connectivity index (χ3v) is 6.02. The van der Waals surface area contributed by atoms with Gasteiger partial charge in [0.25, 0.3) is 0 Å². The number of aryl methyl sites for hydroxylation is 1. The van der Waals surface area contributed by atoms with E-state index in [0.717, 1.165) is 0 Å². The minimum absolute atomic E-state index is 0.616. The molecule has 1 heteroatoms. The Morgan fingerprint density at radius 3 is 1.57 bits per heavy atom. The average molecular weight is 316 g/mol. The summed E-state index contributed by atoms with van der Waals surface area (Å²) in [4.78, 5) is 1.37. The Kier molecular flexibility index (Phi) is 3.97. The van der Waals surface area contributed by atoms with Gasteiger partial charge in [0, 0.05) is 22.0 Å². The molecule has 0 radical (unpaired) electrons. The zero-order chi connectivity index (χ0) is 15.6. The Morgan fingerprint density at radius 2 is 1.09 bits per heavy atom. The van der Waals surface area contributed by atoms with Gasteiger partial charge in [-0.1, -0.05) is 78.4 Å². The number of thioether (sulfide) groups is 1. The van der Waals surface area contributed by atoms with Gasteiger partial charge in [0.2, 0.25) is 0 Å². The normalized spacial score (nSPS) is 22.7. The molecule has 2 unspecified atom stereocenters. The Balaban J connectivity index is 1.62. The van der Waals surface area contributed by atoms with Crippen molar-refractivity contribution >= 4 is 11.8 Å². The number of hydrogen-bond acceptors (Lipinski definition) is 1. The van der Waals surface area contributed by atoms with Gasteiger partial charge in [-0.25, -0.2) is 0 Å². The molecule has 0 saturated heterocycles. The molecule has 0 spiro atoms. The number of rotatable bonds is 4. The standard InChI is InChI=1S/C22H20S/c1-16-12-14-19(15-13-16)23-22-20(17-8-4-2-5-9-17)21(22)18-10-6-3-7-11-18/h2-15,20-22H,1H3. The molecule has 1 fully saturated rings. The minimum Gasteiger partial charge on any atom is -0.121 e. The highest BCUT2D eigenvalue weighted by atomic mass is 32.2. The van der Waals surface area contributed by atoms with Crippen molar-refractivity contribution in [1.29, 1.82) is 0 Å². The highest BCUT2D eigenvalue weighted by molar-refractivity contribution is 8.00. The molecule has 23 heavy (non-hydrogen) atoms. The summed E-state index contributed by atoms with van der Waals surface area (Å²) in [7, 11) is 0. The molecule has 4 rings (SSSR count). The molecule has 0 N–H and O–H groups in total. The summed E-state index contributed by atoms with van der Waals surface area (Å²) in [6.07, 6.45) is 0. The molecule has 0 bridgehead atoms. The fourth-order valence-electron chi connectivity index (χ4n) is 3.35. The van der Waals surface area contributed by atoms with Crippen LogP contribution in [0.4, 0.5) is 0 Å². The molecule has 1 aliphatic carbocycles. The van der Waals surface area contributed by atoms with Gasteiger partial charge in [-0.05, 0) is 30.2 Å². The maximum atomic E-state index is 2.27. The third kappa shape index (κ3) is 3.07. The van der Waals surface area contributed by atoms with E-state index in [4.69, 9.17) is 0 Å². The molecule has 1 saturated carbocycles. The van der Waals surface area contributed by atoms with E-state index in [-0.39, 0.29) is 0 Å². The zero-order valence-corrected chi connectivity index (χ0v) is 14.0. The Bertz CT molecular complexity index is 717. The molecule has 2 atom stereocenters. The van der Waals surface area contributed by atoms with Crippen LogP contribution in [0, 0.1) is 6.92 Å². The molecule has 3 aromatic carbocycles. The van der Waals surface area contributed by atoms with Crippen LogP contribution < -0.4 is 0 Å². The van der Waals surface area contributed by atoms with Gasteiger partial charge in [-0.3, -0.25) is 0 Å². The van der Waals surface area contributed by atoms with Crippen LogP contribution in [-0.4, -0.2) is 5.25 Å². The highest BCUT2D eigenvalue weighted by Crippen LogP contribution is 2.62. The van der Waals surface area contributed by atoms with Crippen molar-refractivity contribution in [3.63, 3.8) is 0 Å². The van der Waals surface area contributed by atoms with E-state index in [2.05, 4.69) is 91.9 Å². The summed E-state index contributed by atoms with van der Waals surface area (Å²) in [5.41, 5.74) is 4.25. The number of hydrogen-bond donors (Lipinski definition) is 0. The average Bonchev–Trinajstić information content (AvgIpc) is 3.32. The molecular formula is C22H20S. The van der Waals surface area contributed by atoms with Crippen LogP contribution in [-0.2, 0) is 0 Å². The van der Waals surface area contributed by atoms with Gasteiger partial charge >= 0.3 is 0 Å². The van der Waals surface area contributed by atoms with Gasteiger partial charge in [0.1, 0.15) is 0 Å². The van der Waals surface area contributed by atoms with E-state index in [0.29, 0.717) is 17.1 Å². The van der Waals surface area contributed by atoms with Crippen molar-refractivity contribution in [1.82, 2.24) is 0 Å². The second-order valence-corrected chi connectivity index (χ2v) is 7.52. The molecule has 0 aliphatic heterocycles. The van der Waals surface area contributed by atoms with Crippen LogP contribution >= 0.6 is 11.8 Å². The lowest BCUT2D eigenvalue weighted by molar-refractivity contribution is 1.03. The smallest absolute Gasteiger partial charge is 0.0244 e. The first kappa shape index (κ1) is 14.6. The van der Waals surface area contributed by atoms with E-state index in [1.807, 2.05) is 11.8 Å². The van der Waals surface area contributed by atoms with E-state index in [9.17, 15) is 0 Å². The quantitative estimate of drug-likeness (QED) is 0.565. The Hall–Kier alpha value is -1.99. The van der Waals surface area contributed by atoms with Crippen LogP contribution in [0.5, 0.6) is 0 Å². The summed E-state index contributed by atoms with van der Waals surface area (Å²) < 4.78 is 0. The van der Waals surface area contributed by atoms with Crippen LogP contribution in [0.2, 0.25) is 0 Å². The molecule has 0 nitrogen and oxygen atoms in total.